The van der Waals surface area contributed by atoms with E-state index in [9.17, 15) is 4.79 Å². The first kappa shape index (κ1) is 24.7. The molecule has 0 saturated carbocycles. The summed E-state index contributed by atoms with van der Waals surface area (Å²) in [6, 6.07) is 13.7. The summed E-state index contributed by atoms with van der Waals surface area (Å²) in [6.45, 7) is 7.70. The number of ether oxygens (including phenoxy) is 3. The topological polar surface area (TPSA) is 72.1 Å². The normalized spacial score (nSPS) is 14.1. The van der Waals surface area contributed by atoms with E-state index in [1.165, 1.54) is 0 Å². The van der Waals surface area contributed by atoms with Crippen molar-refractivity contribution in [1.82, 2.24) is 15.5 Å². The van der Waals surface area contributed by atoms with Crippen LogP contribution in [0.3, 0.4) is 0 Å². The predicted molar refractivity (Wildman–Crippen MR) is 130 cm³/mol. The second kappa shape index (κ2) is 12.3. The zero-order chi connectivity index (χ0) is 23.6. The van der Waals surface area contributed by atoms with Gasteiger partial charge < -0.3 is 29.7 Å². The Hall–Kier alpha value is -2.93. The molecule has 1 aliphatic heterocycles. The summed E-state index contributed by atoms with van der Waals surface area (Å²) >= 11 is 0. The van der Waals surface area contributed by atoms with Crippen molar-refractivity contribution in [2.45, 2.75) is 45.8 Å². The van der Waals surface area contributed by atoms with Crippen LogP contribution in [-0.2, 0) is 13.1 Å². The van der Waals surface area contributed by atoms with E-state index in [0.29, 0.717) is 25.6 Å². The Balaban J connectivity index is 1.67. The Morgan fingerprint density at radius 3 is 2.39 bits per heavy atom. The third-order valence-electron chi connectivity index (χ3n) is 5.80. The van der Waals surface area contributed by atoms with Gasteiger partial charge in [0.25, 0.3) is 0 Å². The number of rotatable bonds is 10. The lowest BCUT2D eigenvalue weighted by Gasteiger charge is -2.35. The molecule has 0 atom stereocenters. The quantitative estimate of drug-likeness (QED) is 0.562. The summed E-state index contributed by atoms with van der Waals surface area (Å²) in [7, 11) is 3.27. The number of hydrogen-bond acceptors (Lipinski definition) is 5. The van der Waals surface area contributed by atoms with Gasteiger partial charge in [0, 0.05) is 24.2 Å². The van der Waals surface area contributed by atoms with E-state index < -0.39 is 0 Å². The lowest BCUT2D eigenvalue weighted by atomic mass is 10.0. The number of urea groups is 1. The number of nitrogens with one attached hydrogen (secondary N) is 2. The van der Waals surface area contributed by atoms with Crippen LogP contribution in [0, 0.1) is 5.92 Å². The molecule has 2 amide bonds. The number of carbonyl (C=O) groups is 1. The van der Waals surface area contributed by atoms with Crippen LogP contribution in [0.5, 0.6) is 17.2 Å². The van der Waals surface area contributed by atoms with Crippen molar-refractivity contribution in [3.05, 3.63) is 53.6 Å². The molecular weight excluding hydrogens is 418 g/mol. The highest BCUT2D eigenvalue weighted by Crippen LogP contribution is 2.27. The maximum Gasteiger partial charge on any atom is 0.318 e. The Morgan fingerprint density at radius 1 is 1.06 bits per heavy atom. The lowest BCUT2D eigenvalue weighted by molar-refractivity contribution is 0.153. The molecule has 0 bridgehead atoms. The van der Waals surface area contributed by atoms with E-state index >= 15 is 0 Å². The molecule has 2 aromatic carbocycles. The Morgan fingerprint density at radius 2 is 1.76 bits per heavy atom. The second-order valence-corrected chi connectivity index (χ2v) is 8.79. The average molecular weight is 456 g/mol. The molecule has 1 aliphatic rings. The largest absolute Gasteiger partial charge is 0.497 e. The van der Waals surface area contributed by atoms with Crippen LogP contribution in [0.2, 0.25) is 0 Å². The van der Waals surface area contributed by atoms with Gasteiger partial charge in [0.05, 0.1) is 27.4 Å². The predicted octanol–water partition coefficient (Wildman–Crippen LogP) is 4.20. The molecule has 3 rings (SSSR count). The maximum absolute atomic E-state index is 13.3. The fourth-order valence-electron chi connectivity index (χ4n) is 3.90. The van der Waals surface area contributed by atoms with Gasteiger partial charge in [-0.1, -0.05) is 26.0 Å². The molecule has 33 heavy (non-hydrogen) atoms. The number of hydrogen-bond donors (Lipinski definition) is 2. The first-order chi connectivity index (χ1) is 16.0. The highest BCUT2D eigenvalue weighted by Gasteiger charge is 2.26. The number of benzene rings is 2. The minimum Gasteiger partial charge on any atom is -0.497 e. The van der Waals surface area contributed by atoms with Gasteiger partial charge in [-0.05, 0) is 61.7 Å². The molecule has 1 heterocycles. The molecule has 7 nitrogen and oxygen atoms in total. The van der Waals surface area contributed by atoms with Gasteiger partial charge in [0.2, 0.25) is 0 Å². The monoisotopic (exact) mass is 455 g/mol. The second-order valence-electron chi connectivity index (χ2n) is 8.79. The van der Waals surface area contributed by atoms with E-state index in [1.807, 2.05) is 47.4 Å². The van der Waals surface area contributed by atoms with E-state index in [2.05, 4.69) is 24.5 Å². The van der Waals surface area contributed by atoms with Gasteiger partial charge in [-0.15, -0.1) is 0 Å². The summed E-state index contributed by atoms with van der Waals surface area (Å²) in [6.07, 6.45) is 1.85. The molecule has 2 N–H and O–H groups in total. The SMILES string of the molecule is COc1ccc(CN(C(=O)NCc2ccc(OCC(C)C)cc2)C2CCNCC2)c(OC)c1. The summed E-state index contributed by atoms with van der Waals surface area (Å²) in [5.41, 5.74) is 1.99. The number of amides is 2. The Kier molecular flexibility index (Phi) is 9.24. The van der Waals surface area contributed by atoms with Crippen molar-refractivity contribution in [1.29, 1.82) is 0 Å². The van der Waals surface area contributed by atoms with Crippen LogP contribution in [0.4, 0.5) is 4.79 Å². The molecule has 0 unspecified atom stereocenters. The molecule has 0 spiro atoms. The molecule has 0 aliphatic carbocycles. The molecule has 0 aromatic heterocycles. The zero-order valence-corrected chi connectivity index (χ0v) is 20.2. The summed E-state index contributed by atoms with van der Waals surface area (Å²) in [5, 5.41) is 6.49. The van der Waals surface area contributed by atoms with Crippen molar-refractivity contribution >= 4 is 6.03 Å². The van der Waals surface area contributed by atoms with Crippen LogP contribution in [0.1, 0.15) is 37.8 Å². The summed E-state index contributed by atoms with van der Waals surface area (Å²) in [5.74, 6) is 2.78. The molecule has 2 aromatic rings. The smallest absolute Gasteiger partial charge is 0.318 e. The highest BCUT2D eigenvalue weighted by atomic mass is 16.5. The van der Waals surface area contributed by atoms with Crippen LogP contribution < -0.4 is 24.8 Å². The third kappa shape index (κ3) is 7.29. The van der Waals surface area contributed by atoms with E-state index in [-0.39, 0.29) is 12.1 Å². The first-order valence-electron chi connectivity index (χ1n) is 11.7. The summed E-state index contributed by atoms with van der Waals surface area (Å²) < 4.78 is 16.6. The first-order valence-corrected chi connectivity index (χ1v) is 11.7. The van der Waals surface area contributed by atoms with Crippen LogP contribution in [0.25, 0.3) is 0 Å². The van der Waals surface area contributed by atoms with Crippen molar-refractivity contribution < 1.29 is 19.0 Å². The molecule has 1 fully saturated rings. The van der Waals surface area contributed by atoms with E-state index in [1.54, 1.807) is 14.2 Å². The zero-order valence-electron chi connectivity index (χ0n) is 20.2. The van der Waals surface area contributed by atoms with Gasteiger partial charge >= 0.3 is 6.03 Å². The molecule has 1 saturated heterocycles. The van der Waals surface area contributed by atoms with Crippen LogP contribution >= 0.6 is 0 Å². The van der Waals surface area contributed by atoms with Crippen molar-refractivity contribution in [2.24, 2.45) is 5.92 Å². The molecular formula is C26H37N3O4. The lowest BCUT2D eigenvalue weighted by Crippen LogP contribution is -2.49. The van der Waals surface area contributed by atoms with E-state index in [4.69, 9.17) is 14.2 Å². The maximum atomic E-state index is 13.3. The van der Waals surface area contributed by atoms with Gasteiger partial charge in [-0.3, -0.25) is 0 Å². The Bertz CT molecular complexity index is 880. The van der Waals surface area contributed by atoms with Crippen LogP contribution in [0.15, 0.2) is 42.5 Å². The number of piperidine rings is 1. The van der Waals surface area contributed by atoms with Gasteiger partial charge in [-0.2, -0.15) is 0 Å². The molecule has 7 heteroatoms. The van der Waals surface area contributed by atoms with Crippen molar-refractivity contribution in [3.63, 3.8) is 0 Å². The third-order valence-corrected chi connectivity index (χ3v) is 5.80. The van der Waals surface area contributed by atoms with Gasteiger partial charge in [0.15, 0.2) is 0 Å². The van der Waals surface area contributed by atoms with Crippen molar-refractivity contribution in [2.75, 3.05) is 33.9 Å². The molecule has 180 valence electrons. The molecule has 0 radical (unpaired) electrons. The van der Waals surface area contributed by atoms with Gasteiger partial charge in [0.1, 0.15) is 17.2 Å². The summed E-state index contributed by atoms with van der Waals surface area (Å²) in [4.78, 5) is 15.2. The fourth-order valence-corrected chi connectivity index (χ4v) is 3.90. The number of nitrogens with zero attached hydrogens (tertiary/aromatic N) is 1. The minimum atomic E-state index is -0.0695. The fraction of sp³-hybridized carbons (Fsp3) is 0.500. The number of methoxy groups -OCH3 is 2. The average Bonchev–Trinajstić information content (AvgIpc) is 2.85. The van der Waals surface area contributed by atoms with Crippen molar-refractivity contribution in [3.8, 4) is 17.2 Å². The van der Waals surface area contributed by atoms with Crippen LogP contribution in [-0.4, -0.2) is 50.9 Å². The minimum absolute atomic E-state index is 0.0695. The van der Waals surface area contributed by atoms with Gasteiger partial charge in [-0.25, -0.2) is 4.79 Å². The standard InChI is InChI=1S/C26H37N3O4/c1-19(2)18-33-23-8-5-20(6-9-23)16-28-26(30)29(22-11-13-27-14-12-22)17-21-7-10-24(31-3)15-25(21)32-4/h5-10,15,19,22,27H,11-14,16-18H2,1-4H3,(H,28,30). The van der Waals surface area contributed by atoms with E-state index in [0.717, 1.165) is 54.3 Å². The highest BCUT2D eigenvalue weighted by molar-refractivity contribution is 5.74. The number of carbonyl (C=O) groups excluding carboxylic acids is 1. The Labute approximate surface area is 197 Å².